The molecule has 7 heteroatoms. The number of carboxylic acid groups (broad SMARTS) is 1. The van der Waals surface area contributed by atoms with Gasteiger partial charge in [-0.1, -0.05) is 23.8 Å². The van der Waals surface area contributed by atoms with Gasteiger partial charge in [0.25, 0.3) is 0 Å². The molecule has 27 heavy (non-hydrogen) atoms. The number of aromatic nitrogens is 1. The van der Waals surface area contributed by atoms with Crippen LogP contribution in [0.1, 0.15) is 16.1 Å². The van der Waals surface area contributed by atoms with E-state index in [0.717, 1.165) is 5.75 Å². The molecule has 0 fully saturated rings. The Labute approximate surface area is 161 Å². The molecule has 0 saturated carbocycles. The standard InChI is InChI=1S/C20H19NO5S/c1-13-6-8-14(9-7-13)25-10-11-26-18-15(4-3-5-17(18)24-2)19-21-16(12-27-19)20(22)23/h3-9,12H,10-11H2,1-2H3,(H,22,23). The Hall–Kier alpha value is -3.06. The molecule has 140 valence electrons. The Morgan fingerprint density at radius 1 is 1.11 bits per heavy atom. The van der Waals surface area contributed by atoms with E-state index in [2.05, 4.69) is 4.98 Å². The Morgan fingerprint density at radius 3 is 2.52 bits per heavy atom. The summed E-state index contributed by atoms with van der Waals surface area (Å²) in [7, 11) is 1.55. The number of aryl methyl sites for hydroxylation is 1. The number of benzene rings is 2. The number of carbonyl (C=O) groups is 1. The Morgan fingerprint density at radius 2 is 1.85 bits per heavy atom. The van der Waals surface area contributed by atoms with Gasteiger partial charge in [-0.15, -0.1) is 11.3 Å². The molecule has 0 saturated heterocycles. The number of nitrogens with zero attached hydrogens (tertiary/aromatic N) is 1. The van der Waals surface area contributed by atoms with Gasteiger partial charge < -0.3 is 19.3 Å². The van der Waals surface area contributed by atoms with E-state index >= 15 is 0 Å². The first-order valence-electron chi connectivity index (χ1n) is 8.27. The van der Waals surface area contributed by atoms with Crippen LogP contribution in [0.5, 0.6) is 17.2 Å². The fourth-order valence-electron chi connectivity index (χ4n) is 2.43. The third kappa shape index (κ3) is 4.57. The molecule has 0 radical (unpaired) electrons. The summed E-state index contributed by atoms with van der Waals surface area (Å²) in [6.45, 7) is 2.68. The van der Waals surface area contributed by atoms with Gasteiger partial charge >= 0.3 is 5.97 Å². The number of methoxy groups -OCH3 is 1. The zero-order chi connectivity index (χ0) is 19.2. The molecular formula is C20H19NO5S. The third-order valence-corrected chi connectivity index (χ3v) is 4.65. The van der Waals surface area contributed by atoms with Gasteiger partial charge in [-0.2, -0.15) is 0 Å². The fraction of sp³-hybridized carbons (Fsp3) is 0.200. The topological polar surface area (TPSA) is 77.9 Å². The number of carboxylic acids is 1. The molecule has 0 amide bonds. The number of rotatable bonds is 8. The molecule has 0 aliphatic carbocycles. The third-order valence-electron chi connectivity index (χ3n) is 3.77. The van der Waals surface area contributed by atoms with Crippen LogP contribution in [-0.4, -0.2) is 36.4 Å². The minimum Gasteiger partial charge on any atom is -0.493 e. The van der Waals surface area contributed by atoms with Crippen molar-refractivity contribution in [3.63, 3.8) is 0 Å². The number of thiazole rings is 1. The summed E-state index contributed by atoms with van der Waals surface area (Å²) in [6, 6.07) is 13.2. The summed E-state index contributed by atoms with van der Waals surface area (Å²) in [5.74, 6) is 0.776. The van der Waals surface area contributed by atoms with Crippen LogP contribution < -0.4 is 14.2 Å². The lowest BCUT2D eigenvalue weighted by atomic mass is 10.2. The van der Waals surface area contributed by atoms with Crippen LogP contribution in [0.3, 0.4) is 0 Å². The highest BCUT2D eigenvalue weighted by Gasteiger charge is 2.17. The van der Waals surface area contributed by atoms with Crippen molar-refractivity contribution >= 4 is 17.3 Å². The average molecular weight is 385 g/mol. The molecule has 1 N–H and O–H groups in total. The second kappa shape index (κ2) is 8.55. The second-order valence-electron chi connectivity index (χ2n) is 5.69. The van der Waals surface area contributed by atoms with E-state index in [-0.39, 0.29) is 5.69 Å². The quantitative estimate of drug-likeness (QED) is 0.583. The van der Waals surface area contributed by atoms with Crippen LogP contribution >= 0.6 is 11.3 Å². The zero-order valence-electron chi connectivity index (χ0n) is 15.0. The Kier molecular flexibility index (Phi) is 5.93. The van der Waals surface area contributed by atoms with Crippen molar-refractivity contribution in [2.45, 2.75) is 6.92 Å². The number of hydrogen-bond donors (Lipinski definition) is 1. The summed E-state index contributed by atoms with van der Waals surface area (Å²) in [6.07, 6.45) is 0. The molecule has 0 unspecified atom stereocenters. The van der Waals surface area contributed by atoms with E-state index in [1.165, 1.54) is 22.3 Å². The summed E-state index contributed by atoms with van der Waals surface area (Å²) < 4.78 is 17.0. The van der Waals surface area contributed by atoms with Crippen LogP contribution in [0.2, 0.25) is 0 Å². The van der Waals surface area contributed by atoms with Crippen molar-refractivity contribution < 1.29 is 24.1 Å². The summed E-state index contributed by atoms with van der Waals surface area (Å²) in [5, 5.41) is 11.1. The van der Waals surface area contributed by atoms with Gasteiger partial charge in [-0.05, 0) is 31.2 Å². The normalized spacial score (nSPS) is 10.4. The maximum Gasteiger partial charge on any atom is 0.355 e. The second-order valence-corrected chi connectivity index (χ2v) is 6.55. The van der Waals surface area contributed by atoms with Crippen LogP contribution in [0.25, 0.3) is 10.6 Å². The van der Waals surface area contributed by atoms with Crippen molar-refractivity contribution in [2.24, 2.45) is 0 Å². The molecular weight excluding hydrogens is 366 g/mol. The summed E-state index contributed by atoms with van der Waals surface area (Å²) in [5.41, 5.74) is 1.86. The first kappa shape index (κ1) is 18.7. The Balaban J connectivity index is 1.73. The molecule has 2 aromatic carbocycles. The number of hydrogen-bond acceptors (Lipinski definition) is 6. The lowest BCUT2D eigenvalue weighted by molar-refractivity contribution is 0.0691. The van der Waals surface area contributed by atoms with E-state index in [4.69, 9.17) is 19.3 Å². The van der Waals surface area contributed by atoms with Crippen molar-refractivity contribution in [1.29, 1.82) is 0 Å². The molecule has 0 spiro atoms. The van der Waals surface area contributed by atoms with Crippen molar-refractivity contribution in [3.8, 4) is 27.8 Å². The molecule has 0 aliphatic rings. The summed E-state index contributed by atoms with van der Waals surface area (Å²) >= 11 is 1.24. The fourth-order valence-corrected chi connectivity index (χ4v) is 3.24. The first-order chi connectivity index (χ1) is 13.1. The largest absolute Gasteiger partial charge is 0.493 e. The molecule has 0 atom stereocenters. The SMILES string of the molecule is COc1cccc(-c2nc(C(=O)O)cs2)c1OCCOc1ccc(C)cc1. The molecule has 3 aromatic rings. The van der Waals surface area contributed by atoms with Gasteiger partial charge in [-0.3, -0.25) is 0 Å². The average Bonchev–Trinajstić information content (AvgIpc) is 3.17. The van der Waals surface area contributed by atoms with Gasteiger partial charge in [0.05, 0.1) is 12.7 Å². The van der Waals surface area contributed by atoms with Gasteiger partial charge in [0.2, 0.25) is 0 Å². The van der Waals surface area contributed by atoms with Crippen LogP contribution in [-0.2, 0) is 0 Å². The number of aromatic carboxylic acids is 1. The number of para-hydroxylation sites is 1. The highest BCUT2D eigenvalue weighted by atomic mass is 32.1. The lowest BCUT2D eigenvalue weighted by Crippen LogP contribution is -2.10. The van der Waals surface area contributed by atoms with Crippen LogP contribution in [0.4, 0.5) is 0 Å². The highest BCUT2D eigenvalue weighted by Crippen LogP contribution is 2.39. The minimum atomic E-state index is -1.06. The van der Waals surface area contributed by atoms with Gasteiger partial charge in [0.1, 0.15) is 24.0 Å². The number of ether oxygens (including phenoxy) is 3. The van der Waals surface area contributed by atoms with Crippen LogP contribution in [0, 0.1) is 6.92 Å². The van der Waals surface area contributed by atoms with E-state index in [1.807, 2.05) is 43.3 Å². The van der Waals surface area contributed by atoms with Crippen molar-refractivity contribution in [3.05, 3.63) is 59.1 Å². The predicted molar refractivity (Wildman–Crippen MR) is 103 cm³/mol. The van der Waals surface area contributed by atoms with Crippen molar-refractivity contribution in [1.82, 2.24) is 4.98 Å². The maximum atomic E-state index is 11.1. The molecule has 0 aliphatic heterocycles. The molecule has 3 rings (SSSR count). The van der Waals surface area contributed by atoms with E-state index in [9.17, 15) is 4.79 Å². The maximum absolute atomic E-state index is 11.1. The molecule has 0 bridgehead atoms. The lowest BCUT2D eigenvalue weighted by Gasteiger charge is -2.14. The van der Waals surface area contributed by atoms with Crippen molar-refractivity contribution in [2.75, 3.05) is 20.3 Å². The highest BCUT2D eigenvalue weighted by molar-refractivity contribution is 7.13. The van der Waals surface area contributed by atoms with E-state index in [0.29, 0.717) is 35.3 Å². The van der Waals surface area contributed by atoms with Gasteiger partial charge in [0, 0.05) is 5.38 Å². The minimum absolute atomic E-state index is 0.00599. The molecule has 1 heterocycles. The van der Waals surface area contributed by atoms with Gasteiger partial charge in [-0.25, -0.2) is 9.78 Å². The van der Waals surface area contributed by atoms with Gasteiger partial charge in [0.15, 0.2) is 17.2 Å². The van der Waals surface area contributed by atoms with E-state index < -0.39 is 5.97 Å². The summed E-state index contributed by atoms with van der Waals surface area (Å²) in [4.78, 5) is 15.2. The van der Waals surface area contributed by atoms with E-state index in [1.54, 1.807) is 13.2 Å². The Bertz CT molecular complexity index is 920. The molecule has 1 aromatic heterocycles. The monoisotopic (exact) mass is 385 g/mol. The molecule has 6 nitrogen and oxygen atoms in total. The first-order valence-corrected chi connectivity index (χ1v) is 9.15. The predicted octanol–water partition coefficient (Wildman–Crippen LogP) is 4.28. The van der Waals surface area contributed by atoms with Crippen LogP contribution in [0.15, 0.2) is 47.8 Å². The zero-order valence-corrected chi connectivity index (χ0v) is 15.8. The smallest absolute Gasteiger partial charge is 0.355 e.